The first-order valence-electron chi connectivity index (χ1n) is 9.95. The molecule has 168 valence electrons. The molecule has 2 aromatic carbocycles. The minimum absolute atomic E-state index is 0.245. The van der Waals surface area contributed by atoms with E-state index in [0.29, 0.717) is 34.7 Å². The number of halogens is 2. The van der Waals surface area contributed by atoms with E-state index in [4.69, 9.17) is 21.1 Å². The summed E-state index contributed by atoms with van der Waals surface area (Å²) >= 11 is 9.19. The summed E-state index contributed by atoms with van der Waals surface area (Å²) in [5, 5.41) is 0.553. The predicted octanol–water partition coefficient (Wildman–Crippen LogP) is 5.13. The lowest BCUT2D eigenvalue weighted by molar-refractivity contribution is -0.135. The zero-order valence-corrected chi connectivity index (χ0v) is 20.5. The molecular weight excluding hydrogens is 484 g/mol. The Morgan fingerprint density at radius 3 is 2.48 bits per heavy atom. The van der Waals surface area contributed by atoms with Crippen molar-refractivity contribution in [3.8, 4) is 11.5 Å². The average molecular weight is 512 g/mol. The molecule has 0 aliphatic carbocycles. The van der Waals surface area contributed by atoms with Gasteiger partial charge in [-0.25, -0.2) is 0 Å². The zero-order chi connectivity index (χ0) is 23.0. The van der Waals surface area contributed by atoms with Crippen LogP contribution >= 0.6 is 27.5 Å². The van der Waals surface area contributed by atoms with Crippen LogP contribution in [-0.4, -0.2) is 25.0 Å². The van der Waals surface area contributed by atoms with Crippen molar-refractivity contribution in [3.63, 3.8) is 0 Å². The van der Waals surface area contributed by atoms with Crippen LogP contribution in [0.3, 0.4) is 0 Å². The molecule has 0 saturated heterocycles. The van der Waals surface area contributed by atoms with E-state index in [-0.39, 0.29) is 12.5 Å². The second-order valence-corrected chi connectivity index (χ2v) is 9.26. The fourth-order valence-corrected chi connectivity index (χ4v) is 3.54. The lowest BCUT2D eigenvalue weighted by Crippen LogP contribution is -2.49. The Balaban J connectivity index is 1.71. The van der Waals surface area contributed by atoms with Crippen LogP contribution in [0.5, 0.6) is 11.5 Å². The first-order valence-corrected chi connectivity index (χ1v) is 11.1. The predicted molar refractivity (Wildman–Crippen MR) is 125 cm³/mol. The van der Waals surface area contributed by atoms with Gasteiger partial charge in [0.05, 0.1) is 11.1 Å². The summed E-state index contributed by atoms with van der Waals surface area (Å²) in [6.07, 6.45) is 1.31. The van der Waals surface area contributed by atoms with Crippen LogP contribution in [0.1, 0.15) is 37.8 Å². The summed E-state index contributed by atoms with van der Waals surface area (Å²) in [5.41, 5.74) is 6.40. The molecule has 31 heavy (non-hydrogen) atoms. The number of carbonyl (C=O) groups is 2. The van der Waals surface area contributed by atoms with Gasteiger partial charge >= 0.3 is 0 Å². The van der Waals surface area contributed by atoms with Gasteiger partial charge in [-0.3, -0.25) is 20.4 Å². The number of carbonyl (C=O) groups excluding carboxylic acids is 2. The maximum absolute atomic E-state index is 12.5. The molecule has 0 unspecified atom stereocenters. The van der Waals surface area contributed by atoms with E-state index in [2.05, 4.69) is 26.8 Å². The Labute approximate surface area is 196 Å². The molecule has 0 bridgehead atoms. The lowest BCUT2D eigenvalue weighted by atomic mass is 9.87. The third kappa shape index (κ3) is 8.07. The van der Waals surface area contributed by atoms with Gasteiger partial charge in [-0.1, -0.05) is 37.6 Å². The minimum atomic E-state index is -0.668. The van der Waals surface area contributed by atoms with Gasteiger partial charge in [-0.2, -0.15) is 0 Å². The van der Waals surface area contributed by atoms with Crippen molar-refractivity contribution < 1.29 is 19.1 Å². The summed E-state index contributed by atoms with van der Waals surface area (Å²) in [4.78, 5) is 24.5. The molecule has 0 aliphatic rings. The van der Waals surface area contributed by atoms with Gasteiger partial charge in [-0.15, -0.1) is 0 Å². The smallest absolute Gasteiger partial charge is 0.276 e. The van der Waals surface area contributed by atoms with Crippen molar-refractivity contribution in [2.45, 2.75) is 40.5 Å². The van der Waals surface area contributed by atoms with Crippen molar-refractivity contribution in [1.29, 1.82) is 0 Å². The Morgan fingerprint density at radius 1 is 1.03 bits per heavy atom. The normalized spacial score (nSPS) is 11.0. The highest BCUT2D eigenvalue weighted by molar-refractivity contribution is 9.10. The fourth-order valence-electron chi connectivity index (χ4n) is 2.74. The highest BCUT2D eigenvalue weighted by Gasteiger charge is 2.27. The number of nitrogens with one attached hydrogen (secondary N) is 2. The molecule has 0 fully saturated rings. The molecule has 8 heteroatoms. The Bertz CT molecular complexity index is 934. The number of benzene rings is 2. The van der Waals surface area contributed by atoms with Gasteiger partial charge in [-0.05, 0) is 78.0 Å². The zero-order valence-electron chi connectivity index (χ0n) is 18.2. The van der Waals surface area contributed by atoms with E-state index in [1.54, 1.807) is 18.2 Å². The van der Waals surface area contributed by atoms with Gasteiger partial charge in [0.15, 0.2) is 6.61 Å². The number of aryl methyl sites for hydroxylation is 2. The second kappa shape index (κ2) is 11.4. The number of amides is 2. The number of rotatable bonds is 9. The third-order valence-corrected chi connectivity index (χ3v) is 5.58. The van der Waals surface area contributed by atoms with Gasteiger partial charge < -0.3 is 9.47 Å². The summed E-state index contributed by atoms with van der Waals surface area (Å²) in [6, 6.07) is 11.1. The van der Waals surface area contributed by atoms with E-state index in [1.165, 1.54) is 0 Å². The molecule has 0 heterocycles. The largest absolute Gasteiger partial charge is 0.493 e. The Kier molecular flexibility index (Phi) is 9.19. The van der Waals surface area contributed by atoms with Gasteiger partial charge in [0.25, 0.3) is 5.91 Å². The Morgan fingerprint density at radius 2 is 1.77 bits per heavy atom. The highest BCUT2D eigenvalue weighted by Crippen LogP contribution is 2.28. The summed E-state index contributed by atoms with van der Waals surface area (Å²) < 4.78 is 11.9. The van der Waals surface area contributed by atoms with E-state index in [1.807, 2.05) is 45.9 Å². The van der Waals surface area contributed by atoms with E-state index >= 15 is 0 Å². The van der Waals surface area contributed by atoms with Crippen LogP contribution in [0, 0.1) is 19.3 Å². The summed E-state index contributed by atoms with van der Waals surface area (Å²) in [7, 11) is 0. The standard InChI is InChI=1S/C23H28BrClN2O4/c1-15-6-7-16(2)20(12-15)30-11-5-10-23(3,4)22(29)27-26-21(28)14-31-19-9-8-17(25)13-18(19)24/h6-9,12-13H,5,10-11,14H2,1-4H3,(H,26,28)(H,27,29). The summed E-state index contributed by atoms with van der Waals surface area (Å²) in [5.74, 6) is 0.599. The van der Waals surface area contributed by atoms with Crippen LogP contribution in [0.15, 0.2) is 40.9 Å². The molecule has 2 amide bonds. The van der Waals surface area contributed by atoms with Crippen molar-refractivity contribution in [2.75, 3.05) is 13.2 Å². The molecule has 2 N–H and O–H groups in total. The molecule has 0 aliphatic heterocycles. The molecule has 0 atom stereocenters. The topological polar surface area (TPSA) is 76.7 Å². The highest BCUT2D eigenvalue weighted by atomic mass is 79.9. The average Bonchev–Trinajstić information content (AvgIpc) is 2.71. The van der Waals surface area contributed by atoms with Gasteiger partial charge in [0, 0.05) is 10.4 Å². The minimum Gasteiger partial charge on any atom is -0.493 e. The van der Waals surface area contributed by atoms with Crippen LogP contribution in [0.2, 0.25) is 5.02 Å². The molecular formula is C23H28BrClN2O4. The van der Waals surface area contributed by atoms with Crippen LogP contribution in [-0.2, 0) is 9.59 Å². The van der Waals surface area contributed by atoms with Crippen LogP contribution < -0.4 is 20.3 Å². The van der Waals surface area contributed by atoms with Crippen LogP contribution in [0.4, 0.5) is 0 Å². The van der Waals surface area contributed by atoms with E-state index < -0.39 is 11.3 Å². The molecule has 0 radical (unpaired) electrons. The molecule has 0 saturated carbocycles. The number of ether oxygens (including phenoxy) is 2. The van der Waals surface area contributed by atoms with Crippen molar-refractivity contribution in [2.24, 2.45) is 5.41 Å². The quantitative estimate of drug-likeness (QED) is 0.361. The van der Waals surface area contributed by atoms with Crippen molar-refractivity contribution in [1.82, 2.24) is 10.9 Å². The second-order valence-electron chi connectivity index (χ2n) is 7.97. The maximum Gasteiger partial charge on any atom is 0.276 e. The number of hydrogen-bond acceptors (Lipinski definition) is 4. The lowest BCUT2D eigenvalue weighted by Gasteiger charge is -2.23. The third-order valence-electron chi connectivity index (χ3n) is 4.73. The first kappa shape index (κ1) is 25.0. The molecule has 2 aromatic rings. The van der Waals surface area contributed by atoms with Crippen molar-refractivity contribution >= 4 is 39.3 Å². The first-order chi connectivity index (χ1) is 14.6. The molecule has 2 rings (SSSR count). The van der Waals surface area contributed by atoms with E-state index in [0.717, 1.165) is 16.9 Å². The fraction of sp³-hybridized carbons (Fsp3) is 0.391. The molecule has 0 aromatic heterocycles. The monoisotopic (exact) mass is 510 g/mol. The number of hydrogen-bond donors (Lipinski definition) is 2. The maximum atomic E-state index is 12.5. The number of hydrazine groups is 1. The molecule has 6 nitrogen and oxygen atoms in total. The van der Waals surface area contributed by atoms with Gasteiger partial charge in [0.1, 0.15) is 11.5 Å². The van der Waals surface area contributed by atoms with Gasteiger partial charge in [0.2, 0.25) is 5.91 Å². The van der Waals surface area contributed by atoms with E-state index in [9.17, 15) is 9.59 Å². The SMILES string of the molecule is Cc1ccc(C)c(OCCCC(C)(C)C(=O)NNC(=O)COc2ccc(Cl)cc2Br)c1. The van der Waals surface area contributed by atoms with Crippen molar-refractivity contribution in [3.05, 3.63) is 57.0 Å². The molecule has 0 spiro atoms. The Hall–Kier alpha value is -2.25. The summed E-state index contributed by atoms with van der Waals surface area (Å²) in [6.45, 7) is 7.95. The van der Waals surface area contributed by atoms with Crippen LogP contribution in [0.25, 0.3) is 0 Å².